The second kappa shape index (κ2) is 8.63. The number of fused-ring (bicyclic) bond motifs is 4. The number of carbonyl (C=O) groups is 2. The fourth-order valence-corrected chi connectivity index (χ4v) is 5.82. The first-order valence-corrected chi connectivity index (χ1v) is 12.8. The van der Waals surface area contributed by atoms with E-state index in [1.165, 1.54) is 11.0 Å². The smallest absolute Gasteiger partial charge is 0.328 e. The van der Waals surface area contributed by atoms with E-state index in [0.717, 1.165) is 22.2 Å². The number of halogens is 2. The number of rotatable bonds is 5. The van der Waals surface area contributed by atoms with Crippen LogP contribution < -0.4 is 5.32 Å². The summed E-state index contributed by atoms with van der Waals surface area (Å²) in [6.45, 7) is 9.00. The summed E-state index contributed by atoms with van der Waals surface area (Å²) in [5, 5.41) is 14.4. The van der Waals surface area contributed by atoms with Crippen molar-refractivity contribution in [3.8, 4) is 0 Å². The highest BCUT2D eigenvalue weighted by atomic mass is 35.5. The van der Waals surface area contributed by atoms with E-state index in [0.29, 0.717) is 37.9 Å². The first-order chi connectivity index (χ1) is 16.9. The molecule has 0 bridgehead atoms. The summed E-state index contributed by atoms with van der Waals surface area (Å²) in [5.74, 6) is -0.552. The number of urea groups is 1. The molecular weight excluding hydrogens is 483 g/mol. The number of benzene rings is 1. The summed E-state index contributed by atoms with van der Waals surface area (Å²) < 4.78 is 14.3. The minimum atomic E-state index is -1.12. The lowest BCUT2D eigenvalue weighted by atomic mass is 9.80. The predicted octanol–water partition coefficient (Wildman–Crippen LogP) is 5.52. The van der Waals surface area contributed by atoms with E-state index in [1.807, 2.05) is 6.08 Å². The van der Waals surface area contributed by atoms with Gasteiger partial charge in [0.15, 0.2) is 0 Å². The number of amides is 3. The number of aliphatic hydroxyl groups is 1. The van der Waals surface area contributed by atoms with Gasteiger partial charge >= 0.3 is 6.03 Å². The Balaban J connectivity index is 1.58. The number of H-pyrrole nitrogens is 1. The van der Waals surface area contributed by atoms with Crippen LogP contribution in [0, 0.1) is 5.82 Å². The highest BCUT2D eigenvalue weighted by Gasteiger charge is 2.60. The Bertz CT molecular complexity index is 1320. The summed E-state index contributed by atoms with van der Waals surface area (Å²) in [4.78, 5) is 33.9. The maximum absolute atomic E-state index is 14.3. The molecule has 9 heteroatoms. The van der Waals surface area contributed by atoms with E-state index in [-0.39, 0.29) is 34.7 Å². The van der Waals surface area contributed by atoms with Gasteiger partial charge in [0.05, 0.1) is 10.8 Å². The number of aromatic nitrogens is 1. The van der Waals surface area contributed by atoms with Crippen molar-refractivity contribution >= 4 is 34.4 Å². The highest BCUT2D eigenvalue weighted by molar-refractivity contribution is 6.31. The van der Waals surface area contributed by atoms with Crippen LogP contribution in [0.5, 0.6) is 0 Å². The number of hydrogen-bond acceptors (Lipinski definition) is 4. The normalized spacial score (nSPS) is 24.2. The third kappa shape index (κ3) is 4.00. The second-order valence-electron chi connectivity index (χ2n) is 11.2. The van der Waals surface area contributed by atoms with Crippen LogP contribution >= 0.6 is 11.6 Å². The largest absolute Gasteiger partial charge is 0.512 e. The van der Waals surface area contributed by atoms with Crippen molar-refractivity contribution in [1.29, 1.82) is 0 Å². The number of nitrogens with zero attached hydrogens (tertiary/aromatic N) is 2. The number of nitrogens with one attached hydrogen (secondary N) is 2. The Morgan fingerprint density at radius 1 is 1.31 bits per heavy atom. The van der Waals surface area contributed by atoms with E-state index in [9.17, 15) is 19.1 Å². The summed E-state index contributed by atoms with van der Waals surface area (Å²) in [6, 6.07) is 1.96. The van der Waals surface area contributed by atoms with Crippen LogP contribution in [0.1, 0.15) is 64.3 Å². The molecule has 2 atom stereocenters. The maximum atomic E-state index is 14.3. The minimum Gasteiger partial charge on any atom is -0.512 e. The standard InChI is InChI=1S/C27H32ClFN4O3/c1-26(2,3)30-9-6-10-32-24(35)27(4)14-18-17-12-19(28)20(29)13-21(17)31-22(18)23(33(27)25(32)36)15-7-5-8-16(34)11-15/h7,11-13,23,30-31,34H,5-6,8-10,14H2,1-4H3/t23-,27+/m1/s1. The van der Waals surface area contributed by atoms with Crippen molar-refractivity contribution in [3.05, 3.63) is 57.7 Å². The van der Waals surface area contributed by atoms with Crippen molar-refractivity contribution in [2.24, 2.45) is 0 Å². The van der Waals surface area contributed by atoms with Crippen LogP contribution in [-0.4, -0.2) is 56.0 Å². The van der Waals surface area contributed by atoms with Crippen molar-refractivity contribution in [1.82, 2.24) is 20.1 Å². The Kier molecular flexibility index (Phi) is 5.95. The van der Waals surface area contributed by atoms with Crippen molar-refractivity contribution in [2.45, 2.75) is 70.5 Å². The topological polar surface area (TPSA) is 88.7 Å². The minimum absolute atomic E-state index is 0.00431. The fraction of sp³-hybridized carbons (Fsp3) is 0.481. The molecule has 2 aromatic rings. The van der Waals surface area contributed by atoms with Gasteiger partial charge in [-0.25, -0.2) is 9.18 Å². The summed E-state index contributed by atoms with van der Waals surface area (Å²) in [6.07, 6.45) is 5.73. The summed E-state index contributed by atoms with van der Waals surface area (Å²) in [7, 11) is 0. The molecular formula is C27H32ClFN4O3. The molecule has 5 rings (SSSR count). The molecule has 0 saturated carbocycles. The number of allylic oxidation sites excluding steroid dienone is 2. The van der Waals surface area contributed by atoms with Crippen LogP contribution in [0.15, 0.2) is 35.6 Å². The van der Waals surface area contributed by atoms with Gasteiger partial charge in [-0.2, -0.15) is 0 Å². The van der Waals surface area contributed by atoms with E-state index in [2.05, 4.69) is 31.1 Å². The number of carbonyl (C=O) groups excluding carboxylic acids is 2. The molecule has 2 aliphatic heterocycles. The molecule has 1 aromatic carbocycles. The highest BCUT2D eigenvalue weighted by Crippen LogP contribution is 2.50. The second-order valence-corrected chi connectivity index (χ2v) is 11.6. The van der Waals surface area contributed by atoms with Crippen LogP contribution in [-0.2, 0) is 11.2 Å². The predicted molar refractivity (Wildman–Crippen MR) is 137 cm³/mol. The average molecular weight is 515 g/mol. The molecule has 0 unspecified atom stereocenters. The molecule has 3 N–H and O–H groups in total. The van der Waals surface area contributed by atoms with Gasteiger partial charge in [-0.05, 0) is 76.4 Å². The Morgan fingerprint density at radius 2 is 2.06 bits per heavy atom. The van der Waals surface area contributed by atoms with Gasteiger partial charge in [-0.3, -0.25) is 14.6 Å². The van der Waals surface area contributed by atoms with Crippen molar-refractivity contribution < 1.29 is 19.1 Å². The van der Waals surface area contributed by atoms with Gasteiger partial charge in [0.2, 0.25) is 0 Å². The fourth-order valence-electron chi connectivity index (χ4n) is 5.65. The lowest BCUT2D eigenvalue weighted by Gasteiger charge is -2.43. The van der Waals surface area contributed by atoms with Gasteiger partial charge < -0.3 is 15.4 Å². The molecule has 36 heavy (non-hydrogen) atoms. The molecule has 192 valence electrons. The molecule has 0 radical (unpaired) electrons. The monoisotopic (exact) mass is 514 g/mol. The van der Waals surface area contributed by atoms with E-state index >= 15 is 0 Å². The van der Waals surface area contributed by atoms with Gasteiger partial charge in [0, 0.05) is 41.5 Å². The molecule has 3 heterocycles. The van der Waals surface area contributed by atoms with Gasteiger partial charge in [-0.1, -0.05) is 17.7 Å². The van der Waals surface area contributed by atoms with Crippen molar-refractivity contribution in [3.63, 3.8) is 0 Å². The zero-order valence-corrected chi connectivity index (χ0v) is 21.8. The van der Waals surface area contributed by atoms with Crippen molar-refractivity contribution in [2.75, 3.05) is 13.1 Å². The first-order valence-electron chi connectivity index (χ1n) is 12.4. The molecule has 3 amide bonds. The average Bonchev–Trinajstić information content (AvgIpc) is 3.21. The van der Waals surface area contributed by atoms with Crippen LogP contribution in [0.3, 0.4) is 0 Å². The van der Waals surface area contributed by atoms with Crippen LogP contribution in [0.2, 0.25) is 5.02 Å². The Morgan fingerprint density at radius 3 is 2.75 bits per heavy atom. The zero-order chi connectivity index (χ0) is 26.0. The first kappa shape index (κ1) is 24.8. The molecule has 0 spiro atoms. The quantitative estimate of drug-likeness (QED) is 0.362. The van der Waals surface area contributed by atoms with Gasteiger partial charge in [-0.15, -0.1) is 0 Å². The number of hydrogen-bond donors (Lipinski definition) is 3. The zero-order valence-electron chi connectivity index (χ0n) is 21.0. The molecule has 3 aliphatic rings. The van der Waals surface area contributed by atoms with E-state index < -0.39 is 17.4 Å². The molecule has 1 saturated heterocycles. The molecule has 1 fully saturated rings. The number of aliphatic hydroxyl groups excluding tert-OH is 1. The SMILES string of the molecule is CC(C)(C)NCCCN1C(=O)N2[C@H](C3=CCCC(O)=C3)c3[nH]c4cc(F)c(Cl)cc4c3C[C@@]2(C)C1=O. The van der Waals surface area contributed by atoms with E-state index in [4.69, 9.17) is 11.6 Å². The Hall–Kier alpha value is -2.84. The lowest BCUT2D eigenvalue weighted by molar-refractivity contribution is -0.133. The maximum Gasteiger partial charge on any atom is 0.328 e. The summed E-state index contributed by atoms with van der Waals surface area (Å²) in [5.41, 5.74) is 1.68. The number of aromatic amines is 1. The summed E-state index contributed by atoms with van der Waals surface area (Å²) >= 11 is 6.13. The Labute approximate surface area is 215 Å². The van der Waals surface area contributed by atoms with Gasteiger partial charge in [0.1, 0.15) is 17.4 Å². The van der Waals surface area contributed by atoms with E-state index in [1.54, 1.807) is 24.0 Å². The molecule has 1 aromatic heterocycles. The van der Waals surface area contributed by atoms with Crippen LogP contribution in [0.25, 0.3) is 10.9 Å². The third-order valence-electron chi connectivity index (χ3n) is 7.35. The molecule has 1 aliphatic carbocycles. The number of imide groups is 1. The third-order valence-corrected chi connectivity index (χ3v) is 7.64. The lowest BCUT2D eigenvalue weighted by Crippen LogP contribution is -2.53. The molecule has 7 nitrogen and oxygen atoms in total. The van der Waals surface area contributed by atoms with Gasteiger partial charge in [0.25, 0.3) is 5.91 Å². The van der Waals surface area contributed by atoms with Crippen LogP contribution in [0.4, 0.5) is 9.18 Å².